The summed E-state index contributed by atoms with van der Waals surface area (Å²) in [6.45, 7) is 3.48. The highest BCUT2D eigenvalue weighted by Gasteiger charge is 2.34. The lowest BCUT2D eigenvalue weighted by Crippen LogP contribution is -2.20. The van der Waals surface area contributed by atoms with E-state index in [2.05, 4.69) is 18.5 Å². The van der Waals surface area contributed by atoms with Crippen LogP contribution in [0.1, 0.15) is 19.8 Å². The summed E-state index contributed by atoms with van der Waals surface area (Å²) in [4.78, 5) is 0. The zero-order valence-corrected chi connectivity index (χ0v) is 7.71. The largest absolute Gasteiger partial charge is 0.313 e. The van der Waals surface area contributed by atoms with Crippen molar-refractivity contribution in [3.8, 4) is 0 Å². The third-order valence-corrected chi connectivity index (χ3v) is 2.77. The number of hydrogen-bond acceptors (Lipinski definition) is 2. The van der Waals surface area contributed by atoms with E-state index in [1.807, 2.05) is 11.8 Å². The van der Waals surface area contributed by atoms with Crippen LogP contribution in [0.15, 0.2) is 0 Å². The van der Waals surface area contributed by atoms with Crippen LogP contribution in [-0.4, -0.2) is 24.6 Å². The molecule has 0 heterocycles. The predicted octanol–water partition coefficient (Wildman–Crippen LogP) is 1.74. The van der Waals surface area contributed by atoms with Gasteiger partial charge in [-0.05, 0) is 18.6 Å². The second kappa shape index (κ2) is 4.24. The molecule has 0 radical (unpaired) electrons. The monoisotopic (exact) mass is 159 g/mol. The van der Waals surface area contributed by atoms with Crippen molar-refractivity contribution in [1.29, 1.82) is 0 Å². The first kappa shape index (κ1) is 8.41. The minimum atomic E-state index is 0.872. The van der Waals surface area contributed by atoms with E-state index in [9.17, 15) is 0 Å². The van der Waals surface area contributed by atoms with Gasteiger partial charge in [0.25, 0.3) is 0 Å². The molecule has 2 atom stereocenters. The van der Waals surface area contributed by atoms with Crippen LogP contribution in [0.5, 0.6) is 0 Å². The van der Waals surface area contributed by atoms with E-state index in [0.717, 1.165) is 12.0 Å². The Bertz CT molecular complexity index is 95.3. The lowest BCUT2D eigenvalue weighted by Gasteiger charge is -1.99. The lowest BCUT2D eigenvalue weighted by atomic mass is 10.3. The molecule has 1 aliphatic carbocycles. The Morgan fingerprint density at radius 3 is 2.90 bits per heavy atom. The second-order valence-electron chi connectivity index (χ2n) is 2.96. The van der Waals surface area contributed by atoms with Crippen LogP contribution in [0.3, 0.4) is 0 Å². The Balaban J connectivity index is 1.87. The Kier molecular flexibility index (Phi) is 3.57. The van der Waals surface area contributed by atoms with Crippen molar-refractivity contribution in [1.82, 2.24) is 5.32 Å². The normalized spacial score (nSPS) is 30.6. The number of thioether (sulfide) groups is 1. The second-order valence-corrected chi connectivity index (χ2v) is 3.94. The molecule has 2 heteroatoms. The third kappa shape index (κ3) is 2.51. The van der Waals surface area contributed by atoms with Crippen molar-refractivity contribution in [2.24, 2.45) is 5.92 Å². The van der Waals surface area contributed by atoms with Crippen LogP contribution < -0.4 is 5.32 Å². The van der Waals surface area contributed by atoms with Gasteiger partial charge in [0.2, 0.25) is 0 Å². The molecule has 1 nitrogen and oxygen atoms in total. The molecule has 0 aliphatic heterocycles. The summed E-state index contributed by atoms with van der Waals surface area (Å²) in [5.74, 6) is 2.26. The fourth-order valence-corrected chi connectivity index (χ4v) is 1.62. The Morgan fingerprint density at radius 2 is 2.40 bits per heavy atom. The van der Waals surface area contributed by atoms with Crippen molar-refractivity contribution >= 4 is 11.8 Å². The molecule has 10 heavy (non-hydrogen) atoms. The maximum absolute atomic E-state index is 3.54. The van der Waals surface area contributed by atoms with Crippen LogP contribution in [0.4, 0.5) is 0 Å². The smallest absolute Gasteiger partial charge is 0.00993 e. The summed E-state index contributed by atoms with van der Waals surface area (Å²) in [6.07, 6.45) is 4.94. The van der Waals surface area contributed by atoms with E-state index < -0.39 is 0 Å². The quantitative estimate of drug-likeness (QED) is 0.613. The average Bonchev–Trinajstić information content (AvgIpc) is 2.68. The maximum Gasteiger partial charge on any atom is 0.00993 e. The number of nitrogens with one attached hydrogen (secondary N) is 1. The average molecular weight is 159 g/mol. The van der Waals surface area contributed by atoms with Gasteiger partial charge in [0.15, 0.2) is 0 Å². The summed E-state index contributed by atoms with van der Waals surface area (Å²) in [5, 5.41) is 3.54. The molecule has 1 N–H and O–H groups in total. The molecule has 2 unspecified atom stereocenters. The van der Waals surface area contributed by atoms with Crippen molar-refractivity contribution in [2.45, 2.75) is 25.8 Å². The van der Waals surface area contributed by atoms with Gasteiger partial charge in [0.05, 0.1) is 0 Å². The van der Waals surface area contributed by atoms with Gasteiger partial charge >= 0.3 is 0 Å². The molecule has 60 valence electrons. The van der Waals surface area contributed by atoms with Gasteiger partial charge in [-0.1, -0.05) is 13.3 Å². The fourth-order valence-electron chi connectivity index (χ4n) is 1.30. The van der Waals surface area contributed by atoms with Gasteiger partial charge in [-0.3, -0.25) is 0 Å². The van der Waals surface area contributed by atoms with Crippen molar-refractivity contribution < 1.29 is 0 Å². The molecular weight excluding hydrogens is 142 g/mol. The molecule has 1 fully saturated rings. The van der Waals surface area contributed by atoms with E-state index in [4.69, 9.17) is 0 Å². The van der Waals surface area contributed by atoms with Crippen LogP contribution >= 0.6 is 11.8 Å². The number of rotatable bonds is 5. The predicted molar refractivity (Wildman–Crippen MR) is 48.6 cm³/mol. The molecule has 0 aromatic rings. The molecule has 0 spiro atoms. The minimum absolute atomic E-state index is 0.872. The molecule has 1 rings (SSSR count). The first-order valence-electron chi connectivity index (χ1n) is 4.10. The molecule has 0 aromatic carbocycles. The Hall–Kier alpha value is 0.310. The van der Waals surface area contributed by atoms with Gasteiger partial charge in [0, 0.05) is 18.3 Å². The van der Waals surface area contributed by atoms with Crippen LogP contribution in [-0.2, 0) is 0 Å². The summed E-state index contributed by atoms with van der Waals surface area (Å²) < 4.78 is 0. The molecule has 0 saturated heterocycles. The highest BCUT2D eigenvalue weighted by molar-refractivity contribution is 7.98. The van der Waals surface area contributed by atoms with Crippen LogP contribution in [0.25, 0.3) is 0 Å². The lowest BCUT2D eigenvalue weighted by molar-refractivity contribution is 0.647. The third-order valence-electron chi connectivity index (χ3n) is 2.16. The van der Waals surface area contributed by atoms with Gasteiger partial charge < -0.3 is 5.32 Å². The Labute approximate surface area is 68.0 Å². The van der Waals surface area contributed by atoms with Crippen molar-refractivity contribution in [3.63, 3.8) is 0 Å². The zero-order chi connectivity index (χ0) is 7.40. The van der Waals surface area contributed by atoms with E-state index in [0.29, 0.717) is 0 Å². The highest BCUT2D eigenvalue weighted by atomic mass is 32.2. The molecule has 0 aromatic heterocycles. The first-order chi connectivity index (χ1) is 4.88. The fraction of sp³-hybridized carbons (Fsp3) is 1.00. The molecule has 1 aliphatic rings. The van der Waals surface area contributed by atoms with Crippen molar-refractivity contribution in [3.05, 3.63) is 0 Å². The standard InChI is InChI=1S/C8H17NS/c1-3-7-6-8(7)9-4-5-10-2/h7-9H,3-6H2,1-2H3. The summed E-state index contributed by atoms with van der Waals surface area (Å²) in [6, 6.07) is 0.872. The molecular formula is C8H17NS. The highest BCUT2D eigenvalue weighted by Crippen LogP contribution is 2.32. The maximum atomic E-state index is 3.54. The van der Waals surface area contributed by atoms with E-state index in [1.165, 1.54) is 25.1 Å². The van der Waals surface area contributed by atoms with Crippen LogP contribution in [0, 0.1) is 5.92 Å². The van der Waals surface area contributed by atoms with E-state index in [1.54, 1.807) is 0 Å². The molecule has 0 amide bonds. The van der Waals surface area contributed by atoms with Gasteiger partial charge in [-0.15, -0.1) is 0 Å². The summed E-state index contributed by atoms with van der Waals surface area (Å²) in [7, 11) is 0. The number of hydrogen-bond donors (Lipinski definition) is 1. The van der Waals surface area contributed by atoms with E-state index >= 15 is 0 Å². The van der Waals surface area contributed by atoms with Gasteiger partial charge in [0.1, 0.15) is 0 Å². The zero-order valence-electron chi connectivity index (χ0n) is 6.89. The minimum Gasteiger partial charge on any atom is -0.313 e. The van der Waals surface area contributed by atoms with Crippen molar-refractivity contribution in [2.75, 3.05) is 18.6 Å². The first-order valence-corrected chi connectivity index (χ1v) is 5.50. The van der Waals surface area contributed by atoms with Crippen LogP contribution in [0.2, 0.25) is 0 Å². The molecule has 1 saturated carbocycles. The SMILES string of the molecule is CCC1CC1NCCSC. The topological polar surface area (TPSA) is 12.0 Å². The molecule has 0 bridgehead atoms. The van der Waals surface area contributed by atoms with Gasteiger partial charge in [-0.25, -0.2) is 0 Å². The van der Waals surface area contributed by atoms with E-state index in [-0.39, 0.29) is 0 Å². The van der Waals surface area contributed by atoms with Gasteiger partial charge in [-0.2, -0.15) is 11.8 Å². The summed E-state index contributed by atoms with van der Waals surface area (Å²) in [5.41, 5.74) is 0. The summed E-state index contributed by atoms with van der Waals surface area (Å²) >= 11 is 1.92. The Morgan fingerprint density at radius 1 is 1.60 bits per heavy atom.